The Labute approximate surface area is 229 Å². The van der Waals surface area contributed by atoms with Gasteiger partial charge in [-0.15, -0.1) is 0 Å². The molecule has 0 radical (unpaired) electrons. The van der Waals surface area contributed by atoms with Crippen LogP contribution in [0.2, 0.25) is 5.02 Å². The Kier molecular flexibility index (Phi) is 6.31. The van der Waals surface area contributed by atoms with Crippen LogP contribution in [0.3, 0.4) is 0 Å². The average Bonchev–Trinajstić information content (AvgIpc) is 2.87. The van der Waals surface area contributed by atoms with Gasteiger partial charge in [0.15, 0.2) is 5.82 Å². The number of fused-ring (bicyclic) bond motifs is 2. The predicted molar refractivity (Wildman–Crippen MR) is 151 cm³/mol. The molecule has 2 fully saturated rings. The zero-order valence-corrected chi connectivity index (χ0v) is 22.4. The van der Waals surface area contributed by atoms with Gasteiger partial charge in [0.25, 0.3) is 0 Å². The highest BCUT2D eigenvalue weighted by molar-refractivity contribution is 6.35. The van der Waals surface area contributed by atoms with E-state index in [1.54, 1.807) is 12.1 Å². The third-order valence-electron chi connectivity index (χ3n) is 7.69. The summed E-state index contributed by atoms with van der Waals surface area (Å²) in [6.45, 7) is 2.87. The molecule has 4 aromatic rings. The number of carbonyl (C=O) groups is 1. The molecule has 3 heterocycles. The van der Waals surface area contributed by atoms with Crippen molar-refractivity contribution < 1.29 is 19.4 Å². The van der Waals surface area contributed by atoms with Crippen molar-refractivity contribution in [1.82, 2.24) is 19.8 Å². The molecule has 9 nitrogen and oxygen atoms in total. The van der Waals surface area contributed by atoms with E-state index in [4.69, 9.17) is 16.6 Å². The van der Waals surface area contributed by atoms with Gasteiger partial charge in [0, 0.05) is 56.3 Å². The number of anilines is 2. The molecule has 2 N–H and O–H groups in total. The summed E-state index contributed by atoms with van der Waals surface area (Å²) in [4.78, 5) is 28.5. The number of nitrogens with zero attached hydrogens (tertiary/aromatic N) is 6. The van der Waals surface area contributed by atoms with Crippen LogP contribution in [0.15, 0.2) is 42.5 Å². The smallest absolute Gasteiger partial charge is 0.407 e. The van der Waals surface area contributed by atoms with Crippen LogP contribution in [0.4, 0.5) is 21.0 Å². The maximum atomic E-state index is 16.6. The largest absolute Gasteiger partial charge is 0.508 e. The lowest BCUT2D eigenvalue weighted by Gasteiger charge is -2.43. The third-order valence-corrected chi connectivity index (χ3v) is 7.99. The maximum absolute atomic E-state index is 16.6. The summed E-state index contributed by atoms with van der Waals surface area (Å²) in [5.74, 6) is 0.368. The average molecular weight is 551 g/mol. The second-order valence-corrected chi connectivity index (χ2v) is 10.7. The van der Waals surface area contributed by atoms with E-state index < -0.39 is 11.9 Å². The molecule has 2 aliphatic heterocycles. The van der Waals surface area contributed by atoms with Crippen molar-refractivity contribution in [1.29, 1.82) is 0 Å². The number of halogens is 2. The molecular formula is C28H28ClFN6O3. The number of likely N-dealkylation sites (N-methyl/N-ethyl adjacent to an activating group) is 1. The molecule has 0 spiro atoms. The van der Waals surface area contributed by atoms with Crippen molar-refractivity contribution in [2.24, 2.45) is 0 Å². The molecule has 0 saturated carbocycles. The second-order valence-electron chi connectivity index (χ2n) is 10.3. The molecule has 0 bridgehead atoms. The van der Waals surface area contributed by atoms with E-state index in [0.29, 0.717) is 68.0 Å². The quantitative estimate of drug-likeness (QED) is 0.383. The lowest BCUT2D eigenvalue weighted by molar-refractivity contribution is 0.142. The van der Waals surface area contributed by atoms with Crippen molar-refractivity contribution in [3.8, 4) is 16.9 Å². The first-order valence-corrected chi connectivity index (χ1v) is 13.1. The summed E-state index contributed by atoms with van der Waals surface area (Å²) in [6, 6.07) is 12.6. The lowest BCUT2D eigenvalue weighted by atomic mass is 9.96. The zero-order valence-electron chi connectivity index (χ0n) is 21.6. The summed E-state index contributed by atoms with van der Waals surface area (Å²) < 4.78 is 16.6. The van der Waals surface area contributed by atoms with E-state index in [1.165, 1.54) is 11.0 Å². The van der Waals surface area contributed by atoms with Gasteiger partial charge < -0.3 is 29.8 Å². The molecule has 11 heteroatoms. The number of aromatic hydroxyl groups is 1. The topological polar surface area (TPSA) is 96.3 Å². The highest BCUT2D eigenvalue weighted by atomic mass is 35.5. The summed E-state index contributed by atoms with van der Waals surface area (Å²) in [5.41, 5.74) is 0.775. The number of aromatic nitrogens is 2. The molecule has 0 unspecified atom stereocenters. The molecule has 1 aromatic heterocycles. The minimum Gasteiger partial charge on any atom is -0.508 e. The van der Waals surface area contributed by atoms with E-state index in [9.17, 15) is 15.0 Å². The Morgan fingerprint density at radius 1 is 1.03 bits per heavy atom. The molecule has 1 amide bonds. The molecule has 3 aromatic carbocycles. The SMILES string of the molecule is CN(C)C1CN(c2nc(N3CCN(C(=O)O)CC3)c3cc(Cl)c(-c4cc(O)cc5ccccc45)c(F)c3n2)C1. The van der Waals surface area contributed by atoms with Gasteiger partial charge in [-0.2, -0.15) is 4.98 Å². The number of phenols is 1. The number of hydrogen-bond donors (Lipinski definition) is 2. The van der Waals surface area contributed by atoms with Gasteiger partial charge in [-0.25, -0.2) is 14.2 Å². The van der Waals surface area contributed by atoms with E-state index in [2.05, 4.69) is 9.88 Å². The van der Waals surface area contributed by atoms with Crippen molar-refractivity contribution >= 4 is 51.1 Å². The number of amides is 1. The summed E-state index contributed by atoms with van der Waals surface area (Å²) in [7, 11) is 4.04. The van der Waals surface area contributed by atoms with Crippen molar-refractivity contribution in [3.05, 3.63) is 53.3 Å². The van der Waals surface area contributed by atoms with Crippen LogP contribution in [-0.4, -0.2) is 95.5 Å². The third kappa shape index (κ3) is 4.43. The Hall–Kier alpha value is -3.89. The van der Waals surface area contributed by atoms with Crippen molar-refractivity contribution in [3.63, 3.8) is 0 Å². The van der Waals surface area contributed by atoms with E-state index in [1.807, 2.05) is 48.2 Å². The minimum atomic E-state index is -0.963. The molecule has 0 aliphatic carbocycles. The number of piperazine rings is 1. The van der Waals surface area contributed by atoms with Crippen LogP contribution in [0, 0.1) is 5.82 Å². The Morgan fingerprint density at radius 3 is 2.44 bits per heavy atom. The highest BCUT2D eigenvalue weighted by Gasteiger charge is 2.33. The number of hydrogen-bond acceptors (Lipinski definition) is 7. The van der Waals surface area contributed by atoms with Gasteiger partial charge >= 0.3 is 6.09 Å². The first-order valence-electron chi connectivity index (χ1n) is 12.8. The standard InChI is InChI=1S/C28H28ClFN6O3/c1-33(2)17-14-36(15-17)27-31-25-21(26(32-27)34-7-9-35(10-8-34)28(38)39)13-22(29)23(24(25)30)20-12-18(37)11-16-5-3-4-6-19(16)20/h3-6,11-13,17,37H,7-10,14-15H2,1-2H3,(H,38,39). The molecule has 202 valence electrons. The second kappa shape index (κ2) is 9.69. The van der Waals surface area contributed by atoms with E-state index >= 15 is 4.39 Å². The monoisotopic (exact) mass is 550 g/mol. The van der Waals surface area contributed by atoms with E-state index in [-0.39, 0.29) is 21.9 Å². The van der Waals surface area contributed by atoms with Gasteiger partial charge in [-0.3, -0.25) is 0 Å². The predicted octanol–water partition coefficient (Wildman–Crippen LogP) is 4.50. The van der Waals surface area contributed by atoms with Gasteiger partial charge in [-0.1, -0.05) is 35.9 Å². The number of carboxylic acid groups (broad SMARTS) is 1. The van der Waals surface area contributed by atoms with Crippen LogP contribution in [0.25, 0.3) is 32.8 Å². The molecule has 6 rings (SSSR count). The van der Waals surface area contributed by atoms with Crippen molar-refractivity contribution in [2.75, 3.05) is 63.2 Å². The van der Waals surface area contributed by atoms with Crippen LogP contribution in [0.5, 0.6) is 5.75 Å². The molecule has 2 saturated heterocycles. The van der Waals surface area contributed by atoms with Crippen LogP contribution < -0.4 is 9.80 Å². The van der Waals surface area contributed by atoms with Gasteiger partial charge in [-0.05, 0) is 48.6 Å². The lowest BCUT2D eigenvalue weighted by Crippen LogP contribution is -2.58. The summed E-state index contributed by atoms with van der Waals surface area (Å²) in [6.07, 6.45) is -0.963. The minimum absolute atomic E-state index is 0.00920. The van der Waals surface area contributed by atoms with Crippen LogP contribution >= 0.6 is 11.6 Å². The first kappa shape index (κ1) is 25.4. The Bertz CT molecular complexity index is 1600. The first-order chi connectivity index (χ1) is 18.7. The zero-order chi connectivity index (χ0) is 27.4. The fourth-order valence-electron chi connectivity index (χ4n) is 5.35. The van der Waals surface area contributed by atoms with Gasteiger partial charge in [0.05, 0.1) is 5.02 Å². The van der Waals surface area contributed by atoms with Gasteiger partial charge in [0.2, 0.25) is 5.95 Å². The highest BCUT2D eigenvalue weighted by Crippen LogP contribution is 2.42. The number of rotatable bonds is 4. The van der Waals surface area contributed by atoms with Crippen LogP contribution in [-0.2, 0) is 0 Å². The maximum Gasteiger partial charge on any atom is 0.407 e. The van der Waals surface area contributed by atoms with Gasteiger partial charge in [0.1, 0.15) is 17.1 Å². The molecule has 39 heavy (non-hydrogen) atoms. The fourth-order valence-corrected chi connectivity index (χ4v) is 5.65. The summed E-state index contributed by atoms with van der Waals surface area (Å²) in [5, 5.41) is 22.0. The van der Waals surface area contributed by atoms with E-state index in [0.717, 1.165) is 10.8 Å². The Balaban J connectivity index is 1.52. The van der Waals surface area contributed by atoms with Crippen molar-refractivity contribution in [2.45, 2.75) is 6.04 Å². The number of phenolic OH excluding ortho intramolecular Hbond substituents is 1. The molecular weight excluding hydrogens is 523 g/mol. The summed E-state index contributed by atoms with van der Waals surface area (Å²) >= 11 is 6.77. The Morgan fingerprint density at radius 2 is 1.74 bits per heavy atom. The number of benzene rings is 3. The van der Waals surface area contributed by atoms with Crippen LogP contribution in [0.1, 0.15) is 0 Å². The normalized spacial score (nSPS) is 16.4. The molecule has 2 aliphatic rings. The molecule has 0 atom stereocenters. The fraction of sp³-hybridized carbons (Fsp3) is 0.321.